The molecule has 0 aliphatic heterocycles. The molecule has 1 aliphatic carbocycles. The summed E-state index contributed by atoms with van der Waals surface area (Å²) in [6, 6.07) is 2.11. The number of allylic oxidation sites excluding steroid dienone is 1. The standard InChI is InChI=1S/C13H19NO/c1-13(2,3)10-5-6-11-9(7-8-14-11)12(10)15-4/h7-8,14H,5-6H2,1-4H3. The summed E-state index contributed by atoms with van der Waals surface area (Å²) in [6.45, 7) is 6.75. The molecule has 0 spiro atoms. The number of fused-ring (bicyclic) bond motifs is 1. The zero-order valence-electron chi connectivity index (χ0n) is 9.98. The minimum absolute atomic E-state index is 0.195. The van der Waals surface area contributed by atoms with Crippen LogP contribution in [0.15, 0.2) is 17.8 Å². The Morgan fingerprint density at radius 2 is 2.00 bits per heavy atom. The fourth-order valence-electron chi connectivity index (χ4n) is 2.30. The molecular weight excluding hydrogens is 186 g/mol. The zero-order valence-corrected chi connectivity index (χ0v) is 9.98. The van der Waals surface area contributed by atoms with Crippen molar-refractivity contribution in [3.8, 4) is 0 Å². The monoisotopic (exact) mass is 205 g/mol. The highest BCUT2D eigenvalue weighted by atomic mass is 16.5. The largest absolute Gasteiger partial charge is 0.496 e. The molecule has 2 rings (SSSR count). The Kier molecular flexibility index (Phi) is 2.37. The van der Waals surface area contributed by atoms with E-state index in [1.165, 1.54) is 16.8 Å². The van der Waals surface area contributed by atoms with E-state index in [1.807, 2.05) is 6.20 Å². The lowest BCUT2D eigenvalue weighted by atomic mass is 9.79. The van der Waals surface area contributed by atoms with Crippen LogP contribution in [0.2, 0.25) is 0 Å². The van der Waals surface area contributed by atoms with Crippen LogP contribution in [0.1, 0.15) is 38.4 Å². The van der Waals surface area contributed by atoms with Crippen LogP contribution in [0.25, 0.3) is 5.76 Å². The molecule has 1 aromatic rings. The van der Waals surface area contributed by atoms with E-state index in [1.54, 1.807) is 7.11 Å². The van der Waals surface area contributed by atoms with E-state index in [0.29, 0.717) is 0 Å². The number of methoxy groups -OCH3 is 1. The van der Waals surface area contributed by atoms with Crippen molar-refractivity contribution in [3.63, 3.8) is 0 Å². The molecule has 0 amide bonds. The molecule has 1 aliphatic rings. The summed E-state index contributed by atoms with van der Waals surface area (Å²) >= 11 is 0. The molecule has 0 unspecified atom stereocenters. The van der Waals surface area contributed by atoms with Gasteiger partial charge in [0.05, 0.1) is 7.11 Å². The third kappa shape index (κ3) is 1.69. The van der Waals surface area contributed by atoms with Gasteiger partial charge in [0.15, 0.2) is 0 Å². The summed E-state index contributed by atoms with van der Waals surface area (Å²) < 4.78 is 5.57. The lowest BCUT2D eigenvalue weighted by Crippen LogP contribution is -2.17. The van der Waals surface area contributed by atoms with Crippen LogP contribution in [0, 0.1) is 5.41 Å². The first-order valence-electron chi connectivity index (χ1n) is 5.48. The summed E-state index contributed by atoms with van der Waals surface area (Å²) in [5, 5.41) is 0. The smallest absolute Gasteiger partial charge is 0.127 e. The molecule has 0 fully saturated rings. The molecule has 1 N–H and O–H groups in total. The third-order valence-corrected chi connectivity index (χ3v) is 3.09. The quantitative estimate of drug-likeness (QED) is 0.747. The van der Waals surface area contributed by atoms with E-state index in [-0.39, 0.29) is 5.41 Å². The van der Waals surface area contributed by atoms with Crippen molar-refractivity contribution < 1.29 is 4.74 Å². The van der Waals surface area contributed by atoms with Crippen molar-refractivity contribution in [2.45, 2.75) is 33.6 Å². The van der Waals surface area contributed by atoms with Gasteiger partial charge < -0.3 is 9.72 Å². The molecule has 0 atom stereocenters. The van der Waals surface area contributed by atoms with Gasteiger partial charge in [-0.1, -0.05) is 20.8 Å². The van der Waals surface area contributed by atoms with E-state index in [9.17, 15) is 0 Å². The van der Waals surface area contributed by atoms with Crippen LogP contribution in [-0.4, -0.2) is 12.1 Å². The van der Waals surface area contributed by atoms with E-state index >= 15 is 0 Å². The van der Waals surface area contributed by atoms with E-state index in [2.05, 4.69) is 31.8 Å². The number of ether oxygens (including phenoxy) is 1. The van der Waals surface area contributed by atoms with Gasteiger partial charge in [0.2, 0.25) is 0 Å². The van der Waals surface area contributed by atoms with Crippen molar-refractivity contribution in [3.05, 3.63) is 29.1 Å². The maximum atomic E-state index is 5.57. The number of nitrogens with one attached hydrogen (secondary N) is 1. The van der Waals surface area contributed by atoms with Gasteiger partial charge in [-0.2, -0.15) is 0 Å². The first-order chi connectivity index (χ1) is 7.04. The highest BCUT2D eigenvalue weighted by Crippen LogP contribution is 2.40. The summed E-state index contributed by atoms with van der Waals surface area (Å²) in [6.07, 6.45) is 4.19. The molecule has 82 valence electrons. The van der Waals surface area contributed by atoms with Crippen LogP contribution in [0.4, 0.5) is 0 Å². The Morgan fingerprint density at radius 3 is 2.60 bits per heavy atom. The van der Waals surface area contributed by atoms with Gasteiger partial charge in [-0.15, -0.1) is 0 Å². The van der Waals surface area contributed by atoms with Crippen molar-refractivity contribution >= 4 is 5.76 Å². The maximum absolute atomic E-state index is 5.57. The summed E-state index contributed by atoms with van der Waals surface area (Å²) in [4.78, 5) is 3.28. The van der Waals surface area contributed by atoms with Crippen molar-refractivity contribution in [1.29, 1.82) is 0 Å². The van der Waals surface area contributed by atoms with Crippen molar-refractivity contribution in [2.75, 3.05) is 7.11 Å². The van der Waals surface area contributed by atoms with Crippen molar-refractivity contribution in [2.24, 2.45) is 5.41 Å². The van der Waals surface area contributed by atoms with E-state index in [4.69, 9.17) is 4.74 Å². The Morgan fingerprint density at radius 1 is 1.27 bits per heavy atom. The normalized spacial score (nSPS) is 16.5. The van der Waals surface area contributed by atoms with Crippen LogP contribution >= 0.6 is 0 Å². The molecule has 0 radical (unpaired) electrons. The first-order valence-corrected chi connectivity index (χ1v) is 5.48. The van der Waals surface area contributed by atoms with Crippen LogP contribution in [0.5, 0.6) is 0 Å². The number of aryl methyl sites for hydroxylation is 1. The molecule has 0 aromatic carbocycles. The van der Waals surface area contributed by atoms with Crippen molar-refractivity contribution in [1.82, 2.24) is 4.98 Å². The minimum Gasteiger partial charge on any atom is -0.496 e. The number of hydrogen-bond acceptors (Lipinski definition) is 1. The van der Waals surface area contributed by atoms with Gasteiger partial charge >= 0.3 is 0 Å². The molecule has 1 aromatic heterocycles. The Hall–Kier alpha value is -1.18. The second-order valence-corrected chi connectivity index (χ2v) is 5.13. The molecule has 0 saturated heterocycles. The van der Waals surface area contributed by atoms with Gasteiger partial charge in [-0.25, -0.2) is 0 Å². The molecule has 1 heterocycles. The lowest BCUT2D eigenvalue weighted by molar-refractivity contribution is 0.346. The highest BCUT2D eigenvalue weighted by Gasteiger charge is 2.28. The molecule has 0 bridgehead atoms. The lowest BCUT2D eigenvalue weighted by Gasteiger charge is -2.29. The fraction of sp³-hybridized carbons (Fsp3) is 0.538. The molecular formula is C13H19NO. The summed E-state index contributed by atoms with van der Waals surface area (Å²) in [7, 11) is 1.77. The second kappa shape index (κ2) is 3.44. The average Bonchev–Trinajstić information content (AvgIpc) is 2.61. The zero-order chi connectivity index (χ0) is 11.1. The summed E-state index contributed by atoms with van der Waals surface area (Å²) in [5.41, 5.74) is 4.17. The first kappa shape index (κ1) is 10.3. The number of rotatable bonds is 1. The van der Waals surface area contributed by atoms with Gasteiger partial charge in [0.25, 0.3) is 0 Å². The molecule has 15 heavy (non-hydrogen) atoms. The fourth-order valence-corrected chi connectivity index (χ4v) is 2.30. The van der Waals surface area contributed by atoms with Crippen LogP contribution < -0.4 is 0 Å². The Balaban J connectivity index is 2.54. The SMILES string of the molecule is COC1=C(C(C)(C)C)CCc2[nH]ccc21. The average molecular weight is 205 g/mol. The minimum atomic E-state index is 0.195. The third-order valence-electron chi connectivity index (χ3n) is 3.09. The van der Waals surface area contributed by atoms with E-state index in [0.717, 1.165) is 18.6 Å². The number of H-pyrrole nitrogens is 1. The Bertz CT molecular complexity index is 393. The van der Waals surface area contributed by atoms with Gasteiger partial charge in [0, 0.05) is 17.5 Å². The molecule has 2 heteroatoms. The predicted octanol–water partition coefficient (Wildman–Crippen LogP) is 3.36. The molecule has 2 nitrogen and oxygen atoms in total. The molecule has 0 saturated carbocycles. The topological polar surface area (TPSA) is 25.0 Å². The maximum Gasteiger partial charge on any atom is 0.127 e. The van der Waals surface area contributed by atoms with Gasteiger partial charge in [0.1, 0.15) is 5.76 Å². The van der Waals surface area contributed by atoms with Crippen LogP contribution in [-0.2, 0) is 11.2 Å². The van der Waals surface area contributed by atoms with Gasteiger partial charge in [-0.3, -0.25) is 0 Å². The second-order valence-electron chi connectivity index (χ2n) is 5.13. The number of hydrogen-bond donors (Lipinski definition) is 1. The predicted molar refractivity (Wildman–Crippen MR) is 62.5 cm³/mol. The van der Waals surface area contributed by atoms with E-state index < -0.39 is 0 Å². The van der Waals surface area contributed by atoms with Crippen LogP contribution in [0.3, 0.4) is 0 Å². The summed E-state index contributed by atoms with van der Waals surface area (Å²) in [5.74, 6) is 1.07. The van der Waals surface area contributed by atoms with Gasteiger partial charge in [-0.05, 0) is 29.9 Å². The Labute approximate surface area is 91.3 Å². The highest BCUT2D eigenvalue weighted by molar-refractivity contribution is 5.68. The number of aromatic amines is 1. The number of aromatic nitrogens is 1.